The van der Waals surface area contributed by atoms with E-state index in [4.69, 9.17) is 23.2 Å². The molecule has 1 heterocycles. The molecule has 0 aliphatic rings. The van der Waals surface area contributed by atoms with Crippen molar-refractivity contribution in [3.63, 3.8) is 0 Å². The molecule has 0 spiro atoms. The van der Waals surface area contributed by atoms with Crippen LogP contribution in [0.15, 0.2) is 16.8 Å². The van der Waals surface area contributed by atoms with Crippen molar-refractivity contribution in [3.8, 4) is 0 Å². The fraction of sp³-hybridized carbons (Fsp3) is 0.556. The molecule has 0 unspecified atom stereocenters. The van der Waals surface area contributed by atoms with Crippen LogP contribution in [-0.4, -0.2) is 11.8 Å². The first-order chi connectivity index (χ1) is 5.70. The summed E-state index contributed by atoms with van der Waals surface area (Å²) in [6.45, 7) is 2.12. The Morgan fingerprint density at radius 3 is 2.50 bits per heavy atom. The van der Waals surface area contributed by atoms with Crippen molar-refractivity contribution < 1.29 is 0 Å². The van der Waals surface area contributed by atoms with Gasteiger partial charge in [-0.25, -0.2) is 0 Å². The largest absolute Gasteiger partial charge is 0.152 e. The highest BCUT2D eigenvalue weighted by Gasteiger charge is 2.22. The van der Waals surface area contributed by atoms with E-state index in [0.29, 0.717) is 11.8 Å². The highest BCUT2D eigenvalue weighted by molar-refractivity contribution is 7.07. The third-order valence-corrected chi connectivity index (χ3v) is 3.88. The first-order valence-electron chi connectivity index (χ1n) is 3.83. The topological polar surface area (TPSA) is 0 Å². The van der Waals surface area contributed by atoms with Gasteiger partial charge in [0.05, 0.1) is 0 Å². The molecule has 0 nitrogen and oxygen atoms in total. The summed E-state index contributed by atoms with van der Waals surface area (Å²) in [5.74, 6) is 1.23. The average Bonchev–Trinajstić information content (AvgIpc) is 2.57. The molecule has 1 aromatic rings. The number of rotatable bonds is 4. The summed E-state index contributed by atoms with van der Waals surface area (Å²) in [6, 6.07) is 2.13. The standard InChI is InChI=1S/C9H12Cl2S/c1-9(6-10,7-11)4-8-2-3-12-5-8/h2-3,5H,4,6-7H2,1H3. The fourth-order valence-electron chi connectivity index (χ4n) is 1.02. The molecule has 0 saturated carbocycles. The highest BCUT2D eigenvalue weighted by atomic mass is 35.5. The van der Waals surface area contributed by atoms with Crippen molar-refractivity contribution in [1.29, 1.82) is 0 Å². The molecule has 0 fully saturated rings. The van der Waals surface area contributed by atoms with E-state index in [1.165, 1.54) is 5.56 Å². The van der Waals surface area contributed by atoms with Crippen molar-refractivity contribution in [2.45, 2.75) is 13.3 Å². The Morgan fingerprint density at radius 1 is 1.42 bits per heavy atom. The monoisotopic (exact) mass is 222 g/mol. The summed E-state index contributed by atoms with van der Waals surface area (Å²) in [6.07, 6.45) is 0.976. The van der Waals surface area contributed by atoms with Gasteiger partial charge in [-0.15, -0.1) is 23.2 Å². The summed E-state index contributed by atoms with van der Waals surface area (Å²) in [4.78, 5) is 0. The van der Waals surface area contributed by atoms with Gasteiger partial charge in [-0.2, -0.15) is 11.3 Å². The molecular weight excluding hydrogens is 211 g/mol. The van der Waals surface area contributed by atoms with Crippen LogP contribution in [-0.2, 0) is 6.42 Å². The normalized spacial score (nSPS) is 11.9. The second-order valence-electron chi connectivity index (χ2n) is 3.39. The summed E-state index contributed by atoms with van der Waals surface area (Å²) in [5.41, 5.74) is 1.38. The Balaban J connectivity index is 2.60. The first kappa shape index (κ1) is 10.4. The zero-order valence-electron chi connectivity index (χ0n) is 7.02. The van der Waals surface area contributed by atoms with Gasteiger partial charge in [0.1, 0.15) is 0 Å². The summed E-state index contributed by atoms with van der Waals surface area (Å²) >= 11 is 13.4. The lowest BCUT2D eigenvalue weighted by Crippen LogP contribution is -2.23. The molecule has 0 radical (unpaired) electrons. The van der Waals surface area contributed by atoms with Crippen LogP contribution >= 0.6 is 34.5 Å². The minimum absolute atomic E-state index is 0.0458. The maximum Gasteiger partial charge on any atom is 0.0291 e. The third kappa shape index (κ3) is 2.65. The van der Waals surface area contributed by atoms with Crippen LogP contribution in [0.4, 0.5) is 0 Å². The van der Waals surface area contributed by atoms with Crippen molar-refractivity contribution in [2.24, 2.45) is 5.41 Å². The SMILES string of the molecule is CC(CCl)(CCl)Cc1ccsc1. The Kier molecular flexibility index (Phi) is 3.88. The zero-order chi connectivity index (χ0) is 9.03. The molecule has 68 valence electrons. The van der Waals surface area contributed by atoms with Crippen LogP contribution in [0, 0.1) is 5.41 Å². The van der Waals surface area contributed by atoms with Gasteiger partial charge in [0.2, 0.25) is 0 Å². The zero-order valence-corrected chi connectivity index (χ0v) is 9.35. The second-order valence-corrected chi connectivity index (χ2v) is 4.70. The molecule has 0 amide bonds. The Morgan fingerprint density at radius 2 is 2.08 bits per heavy atom. The van der Waals surface area contributed by atoms with Crippen LogP contribution in [0.2, 0.25) is 0 Å². The van der Waals surface area contributed by atoms with E-state index in [2.05, 4.69) is 23.8 Å². The van der Waals surface area contributed by atoms with Crippen LogP contribution in [0.5, 0.6) is 0 Å². The van der Waals surface area contributed by atoms with E-state index in [1.807, 2.05) is 0 Å². The van der Waals surface area contributed by atoms with Crippen molar-refractivity contribution in [2.75, 3.05) is 11.8 Å². The van der Waals surface area contributed by atoms with E-state index in [9.17, 15) is 0 Å². The molecule has 0 aromatic carbocycles. The smallest absolute Gasteiger partial charge is 0.0291 e. The number of hydrogen-bond acceptors (Lipinski definition) is 1. The van der Waals surface area contributed by atoms with Crippen LogP contribution in [0.1, 0.15) is 12.5 Å². The number of halogens is 2. The fourth-order valence-corrected chi connectivity index (χ4v) is 2.16. The van der Waals surface area contributed by atoms with Gasteiger partial charge in [0.25, 0.3) is 0 Å². The lowest BCUT2D eigenvalue weighted by Gasteiger charge is -2.23. The molecule has 0 saturated heterocycles. The molecular formula is C9H12Cl2S. The maximum atomic E-state index is 5.84. The van der Waals surface area contributed by atoms with E-state index >= 15 is 0 Å². The molecule has 0 N–H and O–H groups in total. The third-order valence-electron chi connectivity index (χ3n) is 1.86. The van der Waals surface area contributed by atoms with Crippen molar-refractivity contribution in [1.82, 2.24) is 0 Å². The summed E-state index contributed by atoms with van der Waals surface area (Å²) in [5, 5.41) is 4.23. The van der Waals surface area contributed by atoms with E-state index in [-0.39, 0.29) is 5.41 Å². The molecule has 3 heteroatoms. The van der Waals surface area contributed by atoms with E-state index in [1.54, 1.807) is 11.3 Å². The lowest BCUT2D eigenvalue weighted by molar-refractivity contribution is 0.426. The predicted molar refractivity (Wildman–Crippen MR) is 57.6 cm³/mol. The predicted octanol–water partition coefficient (Wildman–Crippen LogP) is 3.77. The van der Waals surface area contributed by atoms with Gasteiger partial charge in [-0.05, 0) is 34.2 Å². The first-order valence-corrected chi connectivity index (χ1v) is 5.84. The number of alkyl halides is 2. The van der Waals surface area contributed by atoms with Gasteiger partial charge in [0, 0.05) is 11.8 Å². The lowest BCUT2D eigenvalue weighted by atomic mass is 9.89. The van der Waals surface area contributed by atoms with Gasteiger partial charge >= 0.3 is 0 Å². The molecule has 12 heavy (non-hydrogen) atoms. The maximum absolute atomic E-state index is 5.84. The molecule has 0 aliphatic heterocycles. The molecule has 0 bridgehead atoms. The van der Waals surface area contributed by atoms with Gasteiger partial charge in [0.15, 0.2) is 0 Å². The van der Waals surface area contributed by atoms with Gasteiger partial charge in [-0.3, -0.25) is 0 Å². The molecule has 1 aromatic heterocycles. The van der Waals surface area contributed by atoms with Gasteiger partial charge < -0.3 is 0 Å². The van der Waals surface area contributed by atoms with Crippen molar-refractivity contribution >= 4 is 34.5 Å². The average molecular weight is 223 g/mol. The minimum Gasteiger partial charge on any atom is -0.152 e. The summed E-state index contributed by atoms with van der Waals surface area (Å²) in [7, 11) is 0. The quantitative estimate of drug-likeness (QED) is 0.681. The van der Waals surface area contributed by atoms with Crippen LogP contribution in [0.3, 0.4) is 0 Å². The number of thiophene rings is 1. The highest BCUT2D eigenvalue weighted by Crippen LogP contribution is 2.26. The van der Waals surface area contributed by atoms with E-state index < -0.39 is 0 Å². The van der Waals surface area contributed by atoms with Gasteiger partial charge in [-0.1, -0.05) is 6.92 Å². The Hall–Kier alpha value is 0.280. The second kappa shape index (κ2) is 4.50. The van der Waals surface area contributed by atoms with Crippen LogP contribution in [0.25, 0.3) is 0 Å². The molecule has 0 aliphatic carbocycles. The minimum atomic E-state index is 0.0458. The Bertz CT molecular complexity index is 214. The van der Waals surface area contributed by atoms with Crippen molar-refractivity contribution in [3.05, 3.63) is 22.4 Å². The molecule has 1 rings (SSSR count). The number of hydrogen-bond donors (Lipinski definition) is 0. The van der Waals surface area contributed by atoms with Crippen LogP contribution < -0.4 is 0 Å². The molecule has 0 atom stereocenters. The van der Waals surface area contributed by atoms with E-state index in [0.717, 1.165) is 6.42 Å². The Labute approximate surface area is 87.5 Å². The summed E-state index contributed by atoms with van der Waals surface area (Å²) < 4.78 is 0.